The highest BCUT2D eigenvalue weighted by atomic mass is 32.2. The molecule has 1 aliphatic heterocycles. The third-order valence-electron chi connectivity index (χ3n) is 3.35. The van der Waals surface area contributed by atoms with E-state index in [1.54, 1.807) is 12.1 Å². The van der Waals surface area contributed by atoms with Gasteiger partial charge < -0.3 is 5.32 Å². The third kappa shape index (κ3) is 1.49. The van der Waals surface area contributed by atoms with Crippen LogP contribution in [0.25, 0.3) is 0 Å². The van der Waals surface area contributed by atoms with Gasteiger partial charge in [-0.05, 0) is 51.0 Å². The summed E-state index contributed by atoms with van der Waals surface area (Å²) in [5, 5.41) is 2.66. The largest absolute Gasteiger partial charge is 0.324 e. The Bertz CT molecular complexity index is 615. The van der Waals surface area contributed by atoms with Gasteiger partial charge in [-0.1, -0.05) is 0 Å². The van der Waals surface area contributed by atoms with Crippen molar-refractivity contribution in [1.29, 1.82) is 0 Å². The minimum atomic E-state index is -3.62. The summed E-state index contributed by atoms with van der Waals surface area (Å²) in [5.74, 6) is -0.478. The maximum atomic E-state index is 12.3. The van der Waals surface area contributed by atoms with E-state index in [-0.39, 0.29) is 4.90 Å². The molecule has 1 aliphatic rings. The Balaban J connectivity index is 2.81. The molecule has 5 heteroatoms. The van der Waals surface area contributed by atoms with Crippen molar-refractivity contribution < 1.29 is 13.2 Å². The molecule has 0 aliphatic carbocycles. The molecule has 0 spiro atoms. The van der Waals surface area contributed by atoms with Crippen molar-refractivity contribution in [2.75, 3.05) is 5.32 Å². The zero-order valence-corrected chi connectivity index (χ0v) is 11.1. The average molecular weight is 253 g/mol. The van der Waals surface area contributed by atoms with Crippen LogP contribution in [0, 0.1) is 13.8 Å². The Morgan fingerprint density at radius 1 is 1.12 bits per heavy atom. The Morgan fingerprint density at radius 2 is 1.65 bits per heavy atom. The van der Waals surface area contributed by atoms with Crippen molar-refractivity contribution in [3.8, 4) is 0 Å². The van der Waals surface area contributed by atoms with Crippen molar-refractivity contribution in [3.63, 3.8) is 0 Å². The number of rotatable bonds is 0. The minimum Gasteiger partial charge on any atom is -0.324 e. The first-order valence-corrected chi connectivity index (χ1v) is 6.83. The monoisotopic (exact) mass is 253 g/mol. The van der Waals surface area contributed by atoms with Crippen LogP contribution in [0.3, 0.4) is 0 Å². The van der Waals surface area contributed by atoms with E-state index in [4.69, 9.17) is 0 Å². The molecule has 0 saturated heterocycles. The number of hydrogen-bond donors (Lipinski definition) is 1. The molecule has 0 aromatic heterocycles. The van der Waals surface area contributed by atoms with Gasteiger partial charge in [-0.15, -0.1) is 0 Å². The van der Waals surface area contributed by atoms with E-state index in [1.807, 2.05) is 13.8 Å². The van der Waals surface area contributed by atoms with Crippen molar-refractivity contribution in [3.05, 3.63) is 23.3 Å². The molecule has 0 saturated carbocycles. The van der Waals surface area contributed by atoms with E-state index < -0.39 is 20.5 Å². The number of fused-ring (bicyclic) bond motifs is 1. The summed E-state index contributed by atoms with van der Waals surface area (Å²) in [6, 6.07) is 3.33. The van der Waals surface area contributed by atoms with Crippen LogP contribution < -0.4 is 5.32 Å². The number of carbonyl (C=O) groups excluding carboxylic acids is 1. The molecule has 0 fully saturated rings. The zero-order chi connectivity index (χ0) is 13.0. The number of hydrogen-bond acceptors (Lipinski definition) is 3. The SMILES string of the molecule is Cc1cc2c(cc1C)S(=O)(=O)C(C)(C)C(=O)N2. The number of nitrogens with one attached hydrogen (secondary N) is 1. The zero-order valence-electron chi connectivity index (χ0n) is 10.3. The van der Waals surface area contributed by atoms with Gasteiger partial charge in [0.25, 0.3) is 0 Å². The first kappa shape index (κ1) is 12.1. The molecule has 17 heavy (non-hydrogen) atoms. The molecule has 2 rings (SSSR count). The van der Waals surface area contributed by atoms with Gasteiger partial charge in [0.1, 0.15) is 4.75 Å². The van der Waals surface area contributed by atoms with Crippen LogP contribution in [-0.2, 0) is 14.6 Å². The minimum absolute atomic E-state index is 0.213. The van der Waals surface area contributed by atoms with E-state index in [2.05, 4.69) is 5.32 Å². The summed E-state index contributed by atoms with van der Waals surface area (Å²) in [5.41, 5.74) is 2.25. The lowest BCUT2D eigenvalue weighted by Gasteiger charge is -2.30. The second-order valence-corrected chi connectivity index (χ2v) is 7.37. The van der Waals surface area contributed by atoms with Crippen LogP contribution in [0.1, 0.15) is 25.0 Å². The van der Waals surface area contributed by atoms with E-state index in [9.17, 15) is 13.2 Å². The molecule has 1 heterocycles. The van der Waals surface area contributed by atoms with E-state index in [0.717, 1.165) is 11.1 Å². The molecule has 0 atom stereocenters. The van der Waals surface area contributed by atoms with Crippen molar-refractivity contribution in [1.82, 2.24) is 0 Å². The molecule has 0 bridgehead atoms. The highest BCUT2D eigenvalue weighted by molar-refractivity contribution is 7.94. The first-order chi connectivity index (χ1) is 7.68. The van der Waals surface area contributed by atoms with Gasteiger partial charge in [0.15, 0.2) is 9.84 Å². The lowest BCUT2D eigenvalue weighted by molar-refractivity contribution is -0.118. The van der Waals surface area contributed by atoms with Crippen molar-refractivity contribution in [2.24, 2.45) is 0 Å². The number of anilines is 1. The van der Waals surface area contributed by atoms with Gasteiger partial charge in [0.2, 0.25) is 5.91 Å². The molecule has 1 aromatic rings. The topological polar surface area (TPSA) is 63.2 Å². The summed E-state index contributed by atoms with van der Waals surface area (Å²) in [7, 11) is -3.62. The van der Waals surface area contributed by atoms with Crippen LogP contribution >= 0.6 is 0 Å². The van der Waals surface area contributed by atoms with E-state index in [1.165, 1.54) is 13.8 Å². The molecule has 4 nitrogen and oxygen atoms in total. The lowest BCUT2D eigenvalue weighted by atomic mass is 10.1. The molecule has 92 valence electrons. The predicted octanol–water partition coefficient (Wildman–Crippen LogP) is 1.81. The highest BCUT2D eigenvalue weighted by Gasteiger charge is 2.47. The number of aryl methyl sites for hydroxylation is 2. The summed E-state index contributed by atoms with van der Waals surface area (Å²) in [6.07, 6.45) is 0. The van der Waals surface area contributed by atoms with Gasteiger partial charge >= 0.3 is 0 Å². The summed E-state index contributed by atoms with van der Waals surface area (Å²) in [6.45, 7) is 6.59. The van der Waals surface area contributed by atoms with Crippen LogP contribution in [0.4, 0.5) is 5.69 Å². The molecule has 0 radical (unpaired) electrons. The van der Waals surface area contributed by atoms with E-state index >= 15 is 0 Å². The van der Waals surface area contributed by atoms with Gasteiger partial charge in [0.05, 0.1) is 10.6 Å². The fourth-order valence-corrected chi connectivity index (χ4v) is 3.36. The summed E-state index contributed by atoms with van der Waals surface area (Å²) in [4.78, 5) is 12.0. The van der Waals surface area contributed by atoms with Gasteiger partial charge in [0, 0.05) is 0 Å². The van der Waals surface area contributed by atoms with Crippen LogP contribution in [0.15, 0.2) is 17.0 Å². The normalized spacial score (nSPS) is 20.6. The Kier molecular flexibility index (Phi) is 2.36. The maximum absolute atomic E-state index is 12.3. The summed E-state index contributed by atoms with van der Waals surface area (Å²) >= 11 is 0. The second-order valence-electron chi connectivity index (χ2n) is 4.90. The number of sulfone groups is 1. The standard InChI is InChI=1S/C12H15NO3S/c1-7-5-9-10(6-8(7)2)17(15,16)12(3,4)11(14)13-9/h5-6H,1-4H3,(H,13,14). The lowest BCUT2D eigenvalue weighted by Crippen LogP contribution is -2.48. The predicted molar refractivity (Wildman–Crippen MR) is 65.8 cm³/mol. The molecular weight excluding hydrogens is 238 g/mol. The van der Waals surface area contributed by atoms with Gasteiger partial charge in [-0.25, -0.2) is 8.42 Å². The smallest absolute Gasteiger partial charge is 0.245 e. The van der Waals surface area contributed by atoms with Crippen LogP contribution in [0.5, 0.6) is 0 Å². The number of carbonyl (C=O) groups is 1. The Hall–Kier alpha value is -1.36. The molecule has 1 aromatic carbocycles. The maximum Gasteiger partial charge on any atom is 0.245 e. The Labute approximate surface area is 101 Å². The number of amides is 1. The Morgan fingerprint density at radius 3 is 2.24 bits per heavy atom. The third-order valence-corrected chi connectivity index (χ3v) is 5.80. The fraction of sp³-hybridized carbons (Fsp3) is 0.417. The first-order valence-electron chi connectivity index (χ1n) is 5.35. The summed E-state index contributed by atoms with van der Waals surface area (Å²) < 4.78 is 23.3. The quantitative estimate of drug-likeness (QED) is 0.767. The van der Waals surface area contributed by atoms with Crippen molar-refractivity contribution >= 4 is 21.4 Å². The van der Waals surface area contributed by atoms with Crippen LogP contribution in [0.2, 0.25) is 0 Å². The second kappa shape index (κ2) is 3.32. The molecule has 1 N–H and O–H groups in total. The van der Waals surface area contributed by atoms with Gasteiger partial charge in [-0.3, -0.25) is 4.79 Å². The van der Waals surface area contributed by atoms with Crippen LogP contribution in [-0.4, -0.2) is 19.1 Å². The van der Waals surface area contributed by atoms with E-state index in [0.29, 0.717) is 5.69 Å². The molecule has 1 amide bonds. The molecule has 0 unspecified atom stereocenters. The van der Waals surface area contributed by atoms with Crippen molar-refractivity contribution in [2.45, 2.75) is 37.3 Å². The van der Waals surface area contributed by atoms with Gasteiger partial charge in [-0.2, -0.15) is 0 Å². The highest BCUT2D eigenvalue weighted by Crippen LogP contribution is 2.37. The fourth-order valence-electron chi connectivity index (χ4n) is 1.78. The number of benzene rings is 1. The molecular formula is C12H15NO3S. The average Bonchev–Trinajstić information content (AvgIpc) is 2.20.